The van der Waals surface area contributed by atoms with Crippen LogP contribution in [0.15, 0.2) is 71.3 Å². The summed E-state index contributed by atoms with van der Waals surface area (Å²) < 4.78 is 34.9. The normalized spacial score (nSPS) is 11.1. The Labute approximate surface area is 181 Å². The first kappa shape index (κ1) is 20.5. The lowest BCUT2D eigenvalue weighted by Gasteiger charge is -2.08. The van der Waals surface area contributed by atoms with Gasteiger partial charge in [-0.15, -0.1) is 10.2 Å². The van der Waals surface area contributed by atoms with E-state index in [1.54, 1.807) is 36.4 Å². The molecule has 0 spiro atoms. The summed E-state index contributed by atoms with van der Waals surface area (Å²) in [6, 6.07) is 13.6. The van der Waals surface area contributed by atoms with Crippen molar-refractivity contribution in [3.05, 3.63) is 67.1 Å². The largest absolute Gasteiger partial charge is 0.438 e. The van der Waals surface area contributed by atoms with Crippen molar-refractivity contribution in [2.24, 2.45) is 0 Å². The maximum Gasteiger partial charge on any atom is 0.273 e. The second-order valence-electron chi connectivity index (χ2n) is 6.22. The van der Waals surface area contributed by atoms with Crippen molar-refractivity contribution >= 4 is 38.1 Å². The Bertz CT molecular complexity index is 1280. The molecule has 1 amide bonds. The highest BCUT2D eigenvalue weighted by Gasteiger charge is 2.18. The van der Waals surface area contributed by atoms with Crippen LogP contribution in [0.25, 0.3) is 5.82 Å². The number of carbonyl (C=O) groups excluding carboxylic acids is 1. The first-order chi connectivity index (χ1) is 14.9. The first-order valence-corrected chi connectivity index (χ1v) is 11.2. The Balaban J connectivity index is 1.41. The molecule has 4 aromatic rings. The Morgan fingerprint density at radius 2 is 1.81 bits per heavy atom. The summed E-state index contributed by atoms with van der Waals surface area (Å²) >= 11 is 0.857. The van der Waals surface area contributed by atoms with Crippen LogP contribution in [0.2, 0.25) is 0 Å². The van der Waals surface area contributed by atoms with Gasteiger partial charge in [0, 0.05) is 31.1 Å². The van der Waals surface area contributed by atoms with Crippen LogP contribution in [0.4, 0.5) is 10.8 Å². The molecular formula is C19H16N6O4S2. The standard InChI is InChI=1S/C19H16N6O4S2/c1-13(26)21-19-20-12-18(30-19)31(27,28)24-14-4-6-15(7-5-14)29-17-9-8-16(22-23-17)25-10-2-3-11-25/h2-12,24H,1H3,(H,20,21,26). The van der Waals surface area contributed by atoms with E-state index in [9.17, 15) is 13.2 Å². The van der Waals surface area contributed by atoms with Gasteiger partial charge in [-0.25, -0.2) is 13.4 Å². The third-order valence-corrected chi connectivity index (χ3v) is 6.61. The average Bonchev–Trinajstić information content (AvgIpc) is 3.42. The zero-order chi connectivity index (χ0) is 21.8. The van der Waals surface area contributed by atoms with Gasteiger partial charge in [0.1, 0.15) is 5.75 Å². The van der Waals surface area contributed by atoms with Gasteiger partial charge in [-0.05, 0) is 42.5 Å². The van der Waals surface area contributed by atoms with Gasteiger partial charge >= 0.3 is 0 Å². The lowest BCUT2D eigenvalue weighted by Crippen LogP contribution is -2.11. The van der Waals surface area contributed by atoms with Crippen LogP contribution in [-0.4, -0.2) is 34.1 Å². The number of amides is 1. The van der Waals surface area contributed by atoms with E-state index < -0.39 is 10.0 Å². The molecule has 0 saturated heterocycles. The van der Waals surface area contributed by atoms with Gasteiger partial charge in [0.25, 0.3) is 10.0 Å². The van der Waals surface area contributed by atoms with Gasteiger partial charge in [-0.1, -0.05) is 11.3 Å². The summed E-state index contributed by atoms with van der Waals surface area (Å²) in [5.74, 6) is 1.11. The fourth-order valence-corrected chi connectivity index (χ4v) is 4.64. The van der Waals surface area contributed by atoms with Crippen molar-refractivity contribution in [2.75, 3.05) is 10.0 Å². The predicted molar refractivity (Wildman–Crippen MR) is 115 cm³/mol. The number of sulfonamides is 1. The summed E-state index contributed by atoms with van der Waals surface area (Å²) in [5.41, 5.74) is 0.343. The Hall–Kier alpha value is -3.77. The summed E-state index contributed by atoms with van der Waals surface area (Å²) in [5, 5.41) is 10.8. The quantitative estimate of drug-likeness (QED) is 0.437. The number of carbonyl (C=O) groups is 1. The molecule has 0 radical (unpaired) electrons. The van der Waals surface area contributed by atoms with Crippen LogP contribution >= 0.6 is 11.3 Å². The number of aromatic nitrogens is 4. The van der Waals surface area contributed by atoms with Gasteiger partial charge in [0.05, 0.1) is 6.20 Å². The van der Waals surface area contributed by atoms with Crippen molar-refractivity contribution in [1.82, 2.24) is 19.7 Å². The highest BCUT2D eigenvalue weighted by atomic mass is 32.2. The Morgan fingerprint density at radius 1 is 1.06 bits per heavy atom. The van der Waals surface area contributed by atoms with Crippen LogP contribution in [0, 0.1) is 0 Å². The molecule has 0 aliphatic carbocycles. The minimum Gasteiger partial charge on any atom is -0.438 e. The number of ether oxygens (including phenoxy) is 1. The lowest BCUT2D eigenvalue weighted by molar-refractivity contribution is -0.114. The molecule has 0 fully saturated rings. The average molecular weight is 457 g/mol. The van der Waals surface area contributed by atoms with Crippen molar-refractivity contribution < 1.29 is 17.9 Å². The molecule has 3 aromatic heterocycles. The molecule has 12 heteroatoms. The molecule has 1 aromatic carbocycles. The summed E-state index contributed by atoms with van der Waals surface area (Å²) in [7, 11) is -3.84. The van der Waals surface area contributed by atoms with Crippen molar-refractivity contribution in [1.29, 1.82) is 0 Å². The molecule has 0 aliphatic heterocycles. The van der Waals surface area contributed by atoms with E-state index in [0.717, 1.165) is 11.3 Å². The van der Waals surface area contributed by atoms with Gasteiger partial charge in [-0.2, -0.15) is 0 Å². The van der Waals surface area contributed by atoms with E-state index in [-0.39, 0.29) is 15.2 Å². The highest BCUT2D eigenvalue weighted by molar-refractivity contribution is 7.94. The zero-order valence-electron chi connectivity index (χ0n) is 16.1. The molecule has 158 valence electrons. The molecule has 0 saturated carbocycles. The second-order valence-corrected chi connectivity index (χ2v) is 9.16. The molecule has 10 nitrogen and oxygen atoms in total. The third kappa shape index (κ3) is 5.05. The highest BCUT2D eigenvalue weighted by Crippen LogP contribution is 2.26. The number of nitrogens with zero attached hydrogens (tertiary/aromatic N) is 4. The minimum absolute atomic E-state index is 0.0189. The van der Waals surface area contributed by atoms with Crippen LogP contribution in [0.5, 0.6) is 11.6 Å². The zero-order valence-corrected chi connectivity index (χ0v) is 17.7. The molecule has 0 aliphatic rings. The van der Waals surface area contributed by atoms with E-state index in [0.29, 0.717) is 23.1 Å². The molecule has 3 heterocycles. The molecule has 0 unspecified atom stereocenters. The molecule has 4 rings (SSSR count). The number of benzene rings is 1. The summed E-state index contributed by atoms with van der Waals surface area (Å²) in [6.07, 6.45) is 4.90. The third-order valence-electron chi connectivity index (χ3n) is 3.86. The Morgan fingerprint density at radius 3 is 2.45 bits per heavy atom. The van der Waals surface area contributed by atoms with E-state index in [1.165, 1.54) is 13.1 Å². The van der Waals surface area contributed by atoms with E-state index in [2.05, 4.69) is 25.2 Å². The van der Waals surface area contributed by atoms with Crippen LogP contribution in [0.1, 0.15) is 6.92 Å². The van der Waals surface area contributed by atoms with Crippen molar-refractivity contribution in [3.63, 3.8) is 0 Å². The number of hydrogen-bond donors (Lipinski definition) is 2. The summed E-state index contributed by atoms with van der Waals surface area (Å²) in [6.45, 7) is 1.32. The summed E-state index contributed by atoms with van der Waals surface area (Å²) in [4.78, 5) is 14.9. The predicted octanol–water partition coefficient (Wildman–Crippen LogP) is 3.28. The second kappa shape index (κ2) is 8.53. The van der Waals surface area contributed by atoms with Gasteiger partial charge in [0.15, 0.2) is 15.2 Å². The lowest BCUT2D eigenvalue weighted by atomic mass is 10.3. The smallest absolute Gasteiger partial charge is 0.273 e. The van der Waals surface area contributed by atoms with Crippen LogP contribution in [0.3, 0.4) is 0 Å². The molecule has 31 heavy (non-hydrogen) atoms. The minimum atomic E-state index is -3.84. The number of rotatable bonds is 7. The molecule has 2 N–H and O–H groups in total. The SMILES string of the molecule is CC(=O)Nc1ncc(S(=O)(=O)Nc2ccc(Oc3ccc(-n4cccc4)nn3)cc2)s1. The number of anilines is 2. The first-order valence-electron chi connectivity index (χ1n) is 8.90. The monoisotopic (exact) mass is 456 g/mol. The fraction of sp³-hybridized carbons (Fsp3) is 0.0526. The number of thiazole rings is 1. The topological polar surface area (TPSA) is 128 Å². The molecule has 0 bridgehead atoms. The number of nitrogens with one attached hydrogen (secondary N) is 2. The molecular weight excluding hydrogens is 440 g/mol. The van der Waals surface area contributed by atoms with Gasteiger partial charge in [-0.3, -0.25) is 9.52 Å². The van der Waals surface area contributed by atoms with E-state index in [1.807, 2.05) is 29.1 Å². The van der Waals surface area contributed by atoms with Crippen LogP contribution in [-0.2, 0) is 14.8 Å². The number of hydrogen-bond acceptors (Lipinski definition) is 8. The van der Waals surface area contributed by atoms with Gasteiger partial charge < -0.3 is 14.6 Å². The van der Waals surface area contributed by atoms with E-state index >= 15 is 0 Å². The van der Waals surface area contributed by atoms with Gasteiger partial charge in [0.2, 0.25) is 11.8 Å². The fourth-order valence-electron chi connectivity index (χ4n) is 2.50. The molecule has 0 atom stereocenters. The van der Waals surface area contributed by atoms with Crippen molar-refractivity contribution in [3.8, 4) is 17.4 Å². The van der Waals surface area contributed by atoms with Crippen molar-refractivity contribution in [2.45, 2.75) is 11.1 Å². The van der Waals surface area contributed by atoms with Crippen LogP contribution < -0.4 is 14.8 Å². The maximum atomic E-state index is 12.5. The van der Waals surface area contributed by atoms with E-state index in [4.69, 9.17) is 4.74 Å². The Kier molecular flexibility index (Phi) is 5.64. The maximum absolute atomic E-state index is 12.5.